The van der Waals surface area contributed by atoms with Gasteiger partial charge in [-0.25, -0.2) is 4.79 Å². The lowest BCUT2D eigenvalue weighted by atomic mass is 10.2. The summed E-state index contributed by atoms with van der Waals surface area (Å²) in [5, 5.41) is 8.83. The van der Waals surface area contributed by atoms with Gasteiger partial charge in [0.05, 0.1) is 6.07 Å². The molecule has 4 heteroatoms. The molecule has 1 amide bonds. The largest absolute Gasteiger partial charge is 0.444 e. The van der Waals surface area contributed by atoms with Crippen molar-refractivity contribution in [1.29, 1.82) is 5.26 Å². The fraction of sp³-hybridized carbons (Fsp3) is 0.125. The van der Waals surface area contributed by atoms with Gasteiger partial charge in [-0.1, -0.05) is 48.5 Å². The van der Waals surface area contributed by atoms with Gasteiger partial charge >= 0.3 is 6.09 Å². The van der Waals surface area contributed by atoms with Crippen LogP contribution in [-0.4, -0.2) is 12.6 Å². The van der Waals surface area contributed by atoms with Gasteiger partial charge < -0.3 is 4.74 Å². The number of rotatable bonds is 4. The number of para-hydroxylation sites is 1. The number of carbonyl (C=O) groups excluding carboxylic acids is 1. The van der Waals surface area contributed by atoms with Crippen LogP contribution >= 0.6 is 0 Å². The standard InChI is InChI=1S/C16H14N2O2/c17-11-12-18(15-9-5-2-6-10-15)16(19)20-13-14-7-3-1-4-8-14/h1-10H,12-13H2. The maximum absolute atomic E-state index is 12.1. The number of nitriles is 1. The Hall–Kier alpha value is -2.80. The molecule has 0 spiro atoms. The Balaban J connectivity index is 2.03. The molecular weight excluding hydrogens is 252 g/mol. The molecule has 0 heterocycles. The number of anilines is 1. The van der Waals surface area contributed by atoms with E-state index in [1.54, 1.807) is 12.1 Å². The highest BCUT2D eigenvalue weighted by Gasteiger charge is 2.16. The van der Waals surface area contributed by atoms with Gasteiger partial charge in [0, 0.05) is 5.69 Å². The van der Waals surface area contributed by atoms with E-state index in [0.717, 1.165) is 5.56 Å². The summed E-state index contributed by atoms with van der Waals surface area (Å²) in [4.78, 5) is 13.4. The summed E-state index contributed by atoms with van der Waals surface area (Å²) in [7, 11) is 0. The van der Waals surface area contributed by atoms with E-state index in [9.17, 15) is 4.79 Å². The fourth-order valence-corrected chi connectivity index (χ4v) is 1.74. The average molecular weight is 266 g/mol. The van der Waals surface area contributed by atoms with Crippen LogP contribution in [0.25, 0.3) is 0 Å². The van der Waals surface area contributed by atoms with Crippen molar-refractivity contribution in [3.63, 3.8) is 0 Å². The molecule has 0 bridgehead atoms. The molecule has 0 aromatic heterocycles. The molecule has 100 valence electrons. The van der Waals surface area contributed by atoms with E-state index in [0.29, 0.717) is 5.69 Å². The smallest absolute Gasteiger partial charge is 0.415 e. The van der Waals surface area contributed by atoms with E-state index >= 15 is 0 Å². The summed E-state index contributed by atoms with van der Waals surface area (Å²) in [6.07, 6.45) is -0.526. The van der Waals surface area contributed by atoms with Crippen LogP contribution in [0.2, 0.25) is 0 Å². The first-order valence-electron chi connectivity index (χ1n) is 6.21. The van der Waals surface area contributed by atoms with Crippen LogP contribution in [0.3, 0.4) is 0 Å². The van der Waals surface area contributed by atoms with E-state index < -0.39 is 6.09 Å². The van der Waals surface area contributed by atoms with E-state index in [4.69, 9.17) is 10.00 Å². The monoisotopic (exact) mass is 266 g/mol. The summed E-state index contributed by atoms with van der Waals surface area (Å²) in [6.45, 7) is 0.145. The second-order valence-corrected chi connectivity index (χ2v) is 4.12. The first-order valence-corrected chi connectivity index (χ1v) is 6.21. The normalized spacial score (nSPS) is 9.55. The minimum atomic E-state index is -0.526. The van der Waals surface area contributed by atoms with Gasteiger partial charge in [0.15, 0.2) is 0 Å². The van der Waals surface area contributed by atoms with Gasteiger partial charge in [-0.3, -0.25) is 4.90 Å². The summed E-state index contributed by atoms with van der Waals surface area (Å²) in [6, 6.07) is 20.4. The Labute approximate surface area is 117 Å². The third kappa shape index (κ3) is 3.59. The lowest BCUT2D eigenvalue weighted by Gasteiger charge is -2.19. The quantitative estimate of drug-likeness (QED) is 0.797. The fourth-order valence-electron chi connectivity index (χ4n) is 1.74. The highest BCUT2D eigenvalue weighted by molar-refractivity contribution is 5.87. The molecule has 0 radical (unpaired) electrons. The Kier molecular flexibility index (Phi) is 4.74. The molecule has 0 atom stereocenters. The van der Waals surface area contributed by atoms with Gasteiger partial charge in [-0.2, -0.15) is 5.26 Å². The van der Waals surface area contributed by atoms with Crippen molar-refractivity contribution in [2.24, 2.45) is 0 Å². The molecule has 0 N–H and O–H groups in total. The Morgan fingerprint density at radius 2 is 1.65 bits per heavy atom. The Morgan fingerprint density at radius 1 is 1.05 bits per heavy atom. The predicted octanol–water partition coefficient (Wildman–Crippen LogP) is 3.35. The molecule has 20 heavy (non-hydrogen) atoms. The number of carbonyl (C=O) groups is 1. The average Bonchev–Trinajstić information content (AvgIpc) is 2.52. The predicted molar refractivity (Wildman–Crippen MR) is 76.0 cm³/mol. The van der Waals surface area contributed by atoms with E-state index in [1.165, 1.54) is 4.90 Å². The zero-order valence-electron chi connectivity index (χ0n) is 10.9. The molecule has 0 aliphatic carbocycles. The van der Waals surface area contributed by atoms with Crippen molar-refractivity contribution in [3.8, 4) is 6.07 Å². The molecule has 2 rings (SSSR count). The van der Waals surface area contributed by atoms with Gasteiger partial charge in [-0.05, 0) is 17.7 Å². The maximum atomic E-state index is 12.1. The first-order chi connectivity index (χ1) is 9.81. The van der Waals surface area contributed by atoms with Gasteiger partial charge in [-0.15, -0.1) is 0 Å². The van der Waals surface area contributed by atoms with Crippen LogP contribution in [0.1, 0.15) is 5.56 Å². The SMILES string of the molecule is N#CCN(C(=O)OCc1ccccc1)c1ccccc1. The minimum absolute atomic E-state index is 0.0440. The molecule has 0 saturated carbocycles. The lowest BCUT2D eigenvalue weighted by Crippen LogP contribution is -2.31. The highest BCUT2D eigenvalue weighted by Crippen LogP contribution is 2.14. The minimum Gasteiger partial charge on any atom is -0.444 e. The van der Waals surface area contributed by atoms with Gasteiger partial charge in [0.25, 0.3) is 0 Å². The molecule has 0 aliphatic rings. The van der Waals surface area contributed by atoms with Crippen LogP contribution in [-0.2, 0) is 11.3 Å². The summed E-state index contributed by atoms with van der Waals surface area (Å²) in [5.74, 6) is 0. The van der Waals surface area contributed by atoms with E-state index in [2.05, 4.69) is 0 Å². The lowest BCUT2D eigenvalue weighted by molar-refractivity contribution is 0.148. The maximum Gasteiger partial charge on any atom is 0.415 e. The van der Waals surface area contributed by atoms with Crippen LogP contribution in [0, 0.1) is 11.3 Å². The number of hydrogen-bond acceptors (Lipinski definition) is 3. The zero-order chi connectivity index (χ0) is 14.2. The number of amides is 1. The topological polar surface area (TPSA) is 53.3 Å². The van der Waals surface area contributed by atoms with Crippen molar-refractivity contribution in [1.82, 2.24) is 0 Å². The van der Waals surface area contributed by atoms with E-state index in [1.807, 2.05) is 54.6 Å². The molecule has 2 aromatic carbocycles. The van der Waals surface area contributed by atoms with Crippen LogP contribution in [0.15, 0.2) is 60.7 Å². The van der Waals surface area contributed by atoms with Crippen molar-refractivity contribution in [2.45, 2.75) is 6.61 Å². The number of hydrogen-bond donors (Lipinski definition) is 0. The Bertz CT molecular complexity index is 591. The molecule has 0 aliphatic heterocycles. The van der Waals surface area contributed by atoms with Crippen LogP contribution in [0.4, 0.5) is 10.5 Å². The summed E-state index contributed by atoms with van der Waals surface area (Å²) >= 11 is 0. The van der Waals surface area contributed by atoms with Crippen molar-refractivity contribution < 1.29 is 9.53 Å². The molecular formula is C16H14N2O2. The van der Waals surface area contributed by atoms with E-state index in [-0.39, 0.29) is 13.2 Å². The molecule has 2 aromatic rings. The molecule has 4 nitrogen and oxygen atoms in total. The number of nitrogens with zero attached hydrogens (tertiary/aromatic N) is 2. The third-order valence-corrected chi connectivity index (χ3v) is 2.72. The van der Waals surface area contributed by atoms with Crippen molar-refractivity contribution >= 4 is 11.8 Å². The summed E-state index contributed by atoms with van der Waals surface area (Å²) in [5.41, 5.74) is 1.55. The Morgan fingerprint density at radius 3 is 2.25 bits per heavy atom. The number of benzene rings is 2. The first kappa shape index (κ1) is 13.6. The van der Waals surface area contributed by atoms with Crippen LogP contribution < -0.4 is 4.90 Å². The van der Waals surface area contributed by atoms with Gasteiger partial charge in [0.1, 0.15) is 13.2 Å². The van der Waals surface area contributed by atoms with Gasteiger partial charge in [0.2, 0.25) is 0 Å². The molecule has 0 unspecified atom stereocenters. The van der Waals surface area contributed by atoms with Crippen molar-refractivity contribution in [2.75, 3.05) is 11.4 Å². The second kappa shape index (κ2) is 6.95. The van der Waals surface area contributed by atoms with Crippen molar-refractivity contribution in [3.05, 3.63) is 66.2 Å². The highest BCUT2D eigenvalue weighted by atomic mass is 16.6. The second-order valence-electron chi connectivity index (χ2n) is 4.12. The number of ether oxygens (including phenoxy) is 1. The van der Waals surface area contributed by atoms with Crippen LogP contribution in [0.5, 0.6) is 0 Å². The molecule has 0 fully saturated rings. The zero-order valence-corrected chi connectivity index (χ0v) is 10.9. The molecule has 0 saturated heterocycles. The third-order valence-electron chi connectivity index (χ3n) is 2.72. The summed E-state index contributed by atoms with van der Waals surface area (Å²) < 4.78 is 5.23.